The lowest BCUT2D eigenvalue weighted by atomic mass is 9.81. The van der Waals surface area contributed by atoms with Gasteiger partial charge in [-0.2, -0.15) is 13.2 Å². The van der Waals surface area contributed by atoms with Crippen LogP contribution in [-0.4, -0.2) is 27.5 Å². The van der Waals surface area contributed by atoms with E-state index in [2.05, 4.69) is 20.3 Å². The summed E-state index contributed by atoms with van der Waals surface area (Å²) in [5.41, 5.74) is -1.78. The van der Waals surface area contributed by atoms with Crippen LogP contribution in [0.25, 0.3) is 0 Å². The number of hydrogen-bond acceptors (Lipinski definition) is 5. The molecule has 1 atom stereocenters. The summed E-state index contributed by atoms with van der Waals surface area (Å²) in [6.45, 7) is 0.207. The van der Waals surface area contributed by atoms with Crippen molar-refractivity contribution in [1.82, 2.24) is 20.3 Å². The molecule has 4 rings (SSSR count). The zero-order chi connectivity index (χ0) is 21.4. The van der Waals surface area contributed by atoms with Crippen molar-refractivity contribution >= 4 is 5.91 Å². The monoisotopic (exact) mass is 416 g/mol. The first kappa shape index (κ1) is 19.6. The van der Waals surface area contributed by atoms with Crippen LogP contribution in [0.3, 0.4) is 0 Å². The average molecular weight is 416 g/mol. The highest BCUT2D eigenvalue weighted by Crippen LogP contribution is 2.41. The van der Waals surface area contributed by atoms with Crippen LogP contribution in [0.2, 0.25) is 0 Å². The number of halogens is 3. The SMILES string of the molecule is O=C(NC1(c2ccc(C(F)(F)F)cc2)CCOc2cccnc21)c1c[nH]c(=O)cn1. The van der Waals surface area contributed by atoms with Crippen molar-refractivity contribution in [2.24, 2.45) is 0 Å². The highest BCUT2D eigenvalue weighted by atomic mass is 19.4. The van der Waals surface area contributed by atoms with E-state index in [1.54, 1.807) is 12.1 Å². The summed E-state index contributed by atoms with van der Waals surface area (Å²) in [5, 5.41) is 2.85. The molecule has 0 aliphatic carbocycles. The summed E-state index contributed by atoms with van der Waals surface area (Å²) in [7, 11) is 0. The Labute approximate surface area is 168 Å². The molecule has 1 aromatic carbocycles. The number of hydrogen-bond donors (Lipinski definition) is 2. The van der Waals surface area contributed by atoms with Crippen LogP contribution in [0, 0.1) is 0 Å². The molecule has 1 aliphatic heterocycles. The van der Waals surface area contributed by atoms with E-state index in [9.17, 15) is 22.8 Å². The van der Waals surface area contributed by atoms with Gasteiger partial charge >= 0.3 is 6.18 Å². The highest BCUT2D eigenvalue weighted by Gasteiger charge is 2.43. The molecule has 0 radical (unpaired) electrons. The molecule has 1 unspecified atom stereocenters. The second-order valence-electron chi connectivity index (χ2n) is 6.68. The predicted octanol–water partition coefficient (Wildman–Crippen LogP) is 2.64. The fourth-order valence-corrected chi connectivity index (χ4v) is 3.40. The zero-order valence-corrected chi connectivity index (χ0v) is 15.4. The van der Waals surface area contributed by atoms with Gasteiger partial charge in [0.2, 0.25) is 0 Å². The smallest absolute Gasteiger partial charge is 0.416 e. The normalized spacial score (nSPS) is 18.2. The van der Waals surface area contributed by atoms with Crippen molar-refractivity contribution in [3.63, 3.8) is 0 Å². The van der Waals surface area contributed by atoms with E-state index in [-0.39, 0.29) is 18.7 Å². The maximum absolute atomic E-state index is 13.0. The number of ether oxygens (including phenoxy) is 1. The zero-order valence-electron chi connectivity index (χ0n) is 15.4. The largest absolute Gasteiger partial charge is 0.491 e. The van der Waals surface area contributed by atoms with Gasteiger partial charge in [-0.25, -0.2) is 4.98 Å². The number of carbonyl (C=O) groups is 1. The third kappa shape index (κ3) is 3.51. The molecule has 10 heteroatoms. The average Bonchev–Trinajstić information content (AvgIpc) is 2.74. The molecule has 1 amide bonds. The third-order valence-corrected chi connectivity index (χ3v) is 4.85. The first-order valence-electron chi connectivity index (χ1n) is 8.93. The molecule has 0 fully saturated rings. The molecule has 0 bridgehead atoms. The van der Waals surface area contributed by atoms with Gasteiger partial charge in [0.05, 0.1) is 18.4 Å². The number of aromatic amines is 1. The summed E-state index contributed by atoms with van der Waals surface area (Å²) in [6.07, 6.45) is -0.610. The number of pyridine rings is 1. The lowest BCUT2D eigenvalue weighted by Crippen LogP contribution is -2.50. The quantitative estimate of drug-likeness (QED) is 0.684. The Bertz CT molecular complexity index is 1120. The van der Waals surface area contributed by atoms with E-state index in [1.165, 1.54) is 18.3 Å². The molecule has 3 heterocycles. The number of benzene rings is 1. The van der Waals surface area contributed by atoms with Crippen molar-refractivity contribution in [1.29, 1.82) is 0 Å². The molecule has 0 saturated heterocycles. The van der Waals surface area contributed by atoms with E-state index in [0.717, 1.165) is 24.5 Å². The Kier molecular flexibility index (Phi) is 4.76. The minimum absolute atomic E-state index is 0.0511. The van der Waals surface area contributed by atoms with Gasteiger partial charge in [0.1, 0.15) is 22.7 Å². The Balaban J connectivity index is 1.81. The Morgan fingerprint density at radius 3 is 2.60 bits per heavy atom. The van der Waals surface area contributed by atoms with Gasteiger partial charge in [0.15, 0.2) is 0 Å². The molecule has 1 aliphatic rings. The Hall–Kier alpha value is -3.69. The summed E-state index contributed by atoms with van der Waals surface area (Å²) < 4.78 is 44.7. The molecule has 7 nitrogen and oxygen atoms in total. The number of rotatable bonds is 3. The topological polar surface area (TPSA) is 97.0 Å². The Morgan fingerprint density at radius 1 is 1.17 bits per heavy atom. The maximum Gasteiger partial charge on any atom is 0.416 e. The number of alkyl halides is 3. The van der Waals surface area contributed by atoms with Crippen LogP contribution in [0.15, 0.2) is 59.8 Å². The van der Waals surface area contributed by atoms with Crippen molar-refractivity contribution in [2.45, 2.75) is 18.1 Å². The number of carbonyl (C=O) groups excluding carboxylic acids is 1. The van der Waals surface area contributed by atoms with Crippen LogP contribution in [0.4, 0.5) is 13.2 Å². The van der Waals surface area contributed by atoms with Gasteiger partial charge in [-0.05, 0) is 29.8 Å². The lowest BCUT2D eigenvalue weighted by Gasteiger charge is -2.39. The highest BCUT2D eigenvalue weighted by molar-refractivity contribution is 5.93. The number of H-pyrrole nitrogens is 1. The number of nitrogens with one attached hydrogen (secondary N) is 2. The van der Waals surface area contributed by atoms with Gasteiger partial charge in [-0.15, -0.1) is 0 Å². The van der Waals surface area contributed by atoms with Crippen LogP contribution >= 0.6 is 0 Å². The molecule has 2 aromatic heterocycles. The third-order valence-electron chi connectivity index (χ3n) is 4.85. The van der Waals surface area contributed by atoms with E-state index < -0.39 is 28.7 Å². The van der Waals surface area contributed by atoms with Crippen LogP contribution < -0.4 is 15.6 Å². The van der Waals surface area contributed by atoms with E-state index in [1.807, 2.05) is 0 Å². The summed E-state index contributed by atoms with van der Waals surface area (Å²) in [6, 6.07) is 7.87. The van der Waals surface area contributed by atoms with Gasteiger partial charge < -0.3 is 15.0 Å². The Morgan fingerprint density at radius 2 is 1.93 bits per heavy atom. The fourth-order valence-electron chi connectivity index (χ4n) is 3.40. The van der Waals surface area contributed by atoms with Gasteiger partial charge in [0.25, 0.3) is 11.5 Å². The van der Waals surface area contributed by atoms with E-state index in [0.29, 0.717) is 17.0 Å². The van der Waals surface area contributed by atoms with Gasteiger partial charge in [-0.1, -0.05) is 12.1 Å². The first-order chi connectivity index (χ1) is 14.3. The molecule has 0 spiro atoms. The van der Waals surface area contributed by atoms with Gasteiger partial charge in [0, 0.05) is 18.8 Å². The number of amides is 1. The summed E-state index contributed by atoms with van der Waals surface area (Å²) in [4.78, 5) is 34.6. The minimum atomic E-state index is -4.49. The van der Waals surface area contributed by atoms with Crippen molar-refractivity contribution in [3.8, 4) is 5.75 Å². The minimum Gasteiger partial charge on any atom is -0.491 e. The number of nitrogens with zero attached hydrogens (tertiary/aromatic N) is 2. The van der Waals surface area contributed by atoms with Crippen molar-refractivity contribution in [3.05, 3.63) is 87.9 Å². The first-order valence-corrected chi connectivity index (χ1v) is 8.93. The molecular weight excluding hydrogens is 401 g/mol. The van der Waals surface area contributed by atoms with Crippen molar-refractivity contribution < 1.29 is 22.7 Å². The molecule has 2 N–H and O–H groups in total. The summed E-state index contributed by atoms with van der Waals surface area (Å²) >= 11 is 0. The van der Waals surface area contributed by atoms with Crippen LogP contribution in [0.1, 0.15) is 33.7 Å². The summed E-state index contributed by atoms with van der Waals surface area (Å²) in [5.74, 6) is -0.206. The van der Waals surface area contributed by atoms with E-state index >= 15 is 0 Å². The lowest BCUT2D eigenvalue weighted by molar-refractivity contribution is -0.137. The fraction of sp³-hybridized carbons (Fsp3) is 0.200. The molecular formula is C20H15F3N4O3. The molecule has 0 saturated carbocycles. The molecule has 30 heavy (non-hydrogen) atoms. The second kappa shape index (κ2) is 7.29. The number of aromatic nitrogens is 3. The predicted molar refractivity (Wildman–Crippen MR) is 98.9 cm³/mol. The van der Waals surface area contributed by atoms with Crippen LogP contribution in [-0.2, 0) is 11.7 Å². The van der Waals surface area contributed by atoms with E-state index in [4.69, 9.17) is 4.74 Å². The standard InChI is InChI=1S/C20H15F3N4O3/c21-20(22,23)13-5-3-12(4-6-13)19(7-9-30-15-2-1-8-24-17(15)19)27-18(29)14-10-26-16(28)11-25-14/h1-6,8,10-11H,7,9H2,(H,26,28)(H,27,29). The van der Waals surface area contributed by atoms with Gasteiger partial charge in [-0.3, -0.25) is 14.6 Å². The molecule has 154 valence electrons. The number of fused-ring (bicyclic) bond motifs is 1. The van der Waals surface area contributed by atoms with Crippen molar-refractivity contribution in [2.75, 3.05) is 6.61 Å². The molecule has 3 aromatic rings. The maximum atomic E-state index is 13.0. The second-order valence-corrected chi connectivity index (χ2v) is 6.68. The van der Waals surface area contributed by atoms with Crippen LogP contribution in [0.5, 0.6) is 5.75 Å².